The molecule has 0 aliphatic rings. The van der Waals surface area contributed by atoms with E-state index in [2.05, 4.69) is 15.9 Å². The molecule has 0 heterocycles. The van der Waals surface area contributed by atoms with Gasteiger partial charge in [0.2, 0.25) is 0 Å². The number of carboxylic acids is 1. The van der Waals surface area contributed by atoms with Gasteiger partial charge >= 0.3 is 5.97 Å². The number of aliphatic carboxylic acids is 1. The Bertz CT molecular complexity index is 496. The van der Waals surface area contributed by atoms with Crippen molar-refractivity contribution in [1.82, 2.24) is 0 Å². The van der Waals surface area contributed by atoms with Gasteiger partial charge in [0.15, 0.2) is 0 Å². The summed E-state index contributed by atoms with van der Waals surface area (Å²) in [5.41, 5.74) is 5.84. The highest BCUT2D eigenvalue weighted by Crippen LogP contribution is 2.39. The maximum Gasteiger partial charge on any atom is 0.310 e. The van der Waals surface area contributed by atoms with E-state index in [1.54, 1.807) is 20.1 Å². The predicted octanol–water partition coefficient (Wildman–Crippen LogP) is 4.02. The van der Waals surface area contributed by atoms with Crippen molar-refractivity contribution in [2.75, 3.05) is 18.6 Å². The first-order chi connectivity index (χ1) is 9.34. The number of nitrogen functional groups attached to an aromatic ring is 1. The van der Waals surface area contributed by atoms with E-state index in [0.29, 0.717) is 23.6 Å². The van der Waals surface area contributed by atoms with Gasteiger partial charge in [0.1, 0.15) is 5.75 Å². The van der Waals surface area contributed by atoms with Crippen LogP contribution in [0, 0.1) is 5.41 Å². The summed E-state index contributed by atoms with van der Waals surface area (Å²) in [4.78, 5) is 12.3. The molecule has 20 heavy (non-hydrogen) atoms. The van der Waals surface area contributed by atoms with Crippen LogP contribution in [0.4, 0.5) is 5.69 Å². The molecule has 1 rings (SSSR count). The lowest BCUT2D eigenvalue weighted by atomic mass is 9.88. The number of hydrogen-bond donors (Lipinski definition) is 2. The number of methoxy groups -OCH3 is 1. The van der Waals surface area contributed by atoms with Gasteiger partial charge in [0.25, 0.3) is 0 Å². The van der Waals surface area contributed by atoms with Crippen LogP contribution in [0.3, 0.4) is 0 Å². The van der Waals surface area contributed by atoms with Crippen LogP contribution >= 0.6 is 27.7 Å². The number of anilines is 1. The first-order valence-corrected chi connectivity index (χ1v) is 8.11. The second-order valence-electron chi connectivity index (χ2n) is 4.93. The number of carbonyl (C=O) groups is 1. The molecule has 1 atom stereocenters. The maximum atomic E-state index is 11.4. The second-order valence-corrected chi connectivity index (χ2v) is 6.80. The molecule has 0 aliphatic carbocycles. The van der Waals surface area contributed by atoms with E-state index in [1.807, 2.05) is 13.0 Å². The number of carboxylic acid groups (broad SMARTS) is 1. The van der Waals surface area contributed by atoms with Gasteiger partial charge in [-0.3, -0.25) is 4.79 Å². The standard InChI is InChI=1S/C14H20BrNO3S/c1-4-5-14(2,13(17)18)8-20-12-7-11(19-3)9(15)6-10(12)16/h6-7H,4-5,8,16H2,1-3H3,(H,17,18). The van der Waals surface area contributed by atoms with Crippen molar-refractivity contribution in [1.29, 1.82) is 0 Å². The molecule has 1 aromatic rings. The zero-order chi connectivity index (χ0) is 15.3. The highest BCUT2D eigenvalue weighted by molar-refractivity contribution is 9.10. The summed E-state index contributed by atoms with van der Waals surface area (Å²) in [5, 5.41) is 9.38. The summed E-state index contributed by atoms with van der Waals surface area (Å²) >= 11 is 4.83. The molecule has 0 aromatic heterocycles. The summed E-state index contributed by atoms with van der Waals surface area (Å²) in [7, 11) is 1.59. The van der Waals surface area contributed by atoms with Crippen LogP contribution in [0.5, 0.6) is 5.75 Å². The normalized spacial score (nSPS) is 13.8. The van der Waals surface area contributed by atoms with Crippen LogP contribution in [-0.2, 0) is 4.79 Å². The Kier molecular flexibility index (Phi) is 6.20. The quantitative estimate of drug-likeness (QED) is 0.566. The van der Waals surface area contributed by atoms with Gasteiger partial charge in [-0.2, -0.15) is 0 Å². The molecule has 0 spiro atoms. The molecular formula is C14H20BrNO3S. The fourth-order valence-corrected chi connectivity index (χ4v) is 3.54. The van der Waals surface area contributed by atoms with Gasteiger partial charge in [-0.15, -0.1) is 11.8 Å². The molecule has 0 amide bonds. The number of nitrogens with two attached hydrogens (primary N) is 1. The first-order valence-electron chi connectivity index (χ1n) is 6.33. The summed E-state index contributed by atoms with van der Waals surface area (Å²) in [5.74, 6) is 0.397. The van der Waals surface area contributed by atoms with Crippen molar-refractivity contribution in [2.45, 2.75) is 31.6 Å². The van der Waals surface area contributed by atoms with Crippen LogP contribution in [0.1, 0.15) is 26.7 Å². The highest BCUT2D eigenvalue weighted by Gasteiger charge is 2.32. The molecule has 0 radical (unpaired) electrons. The van der Waals surface area contributed by atoms with E-state index in [-0.39, 0.29) is 0 Å². The number of benzene rings is 1. The Labute approximate surface area is 132 Å². The van der Waals surface area contributed by atoms with Crippen molar-refractivity contribution < 1.29 is 14.6 Å². The lowest BCUT2D eigenvalue weighted by Crippen LogP contribution is -2.30. The molecule has 0 bridgehead atoms. The molecular weight excluding hydrogens is 342 g/mol. The summed E-state index contributed by atoms with van der Waals surface area (Å²) in [6.45, 7) is 3.76. The third-order valence-electron chi connectivity index (χ3n) is 3.15. The summed E-state index contributed by atoms with van der Waals surface area (Å²) in [6.07, 6.45) is 1.48. The number of rotatable bonds is 7. The molecule has 0 fully saturated rings. The fourth-order valence-electron chi connectivity index (χ4n) is 1.86. The van der Waals surface area contributed by atoms with E-state index < -0.39 is 11.4 Å². The van der Waals surface area contributed by atoms with Gasteiger partial charge in [0.05, 0.1) is 17.0 Å². The minimum absolute atomic E-state index is 0.477. The molecule has 1 unspecified atom stereocenters. The second kappa shape index (κ2) is 7.22. The SMILES string of the molecule is CCCC(C)(CSc1cc(OC)c(Br)cc1N)C(=O)O. The smallest absolute Gasteiger partial charge is 0.310 e. The van der Waals surface area contributed by atoms with Crippen molar-refractivity contribution >= 4 is 39.3 Å². The number of thioether (sulfide) groups is 1. The predicted molar refractivity (Wildman–Crippen MR) is 86.5 cm³/mol. The average molecular weight is 362 g/mol. The Morgan fingerprint density at radius 2 is 2.20 bits per heavy atom. The Hall–Kier alpha value is -0.880. The Morgan fingerprint density at radius 3 is 2.70 bits per heavy atom. The van der Waals surface area contributed by atoms with Crippen LogP contribution in [0.25, 0.3) is 0 Å². The monoisotopic (exact) mass is 361 g/mol. The van der Waals surface area contributed by atoms with E-state index in [1.165, 1.54) is 11.8 Å². The van der Waals surface area contributed by atoms with Crippen molar-refractivity contribution in [3.8, 4) is 5.75 Å². The van der Waals surface area contributed by atoms with E-state index in [4.69, 9.17) is 10.5 Å². The van der Waals surface area contributed by atoms with Crippen molar-refractivity contribution in [3.63, 3.8) is 0 Å². The highest BCUT2D eigenvalue weighted by atomic mass is 79.9. The Morgan fingerprint density at radius 1 is 1.55 bits per heavy atom. The third-order valence-corrected chi connectivity index (χ3v) is 5.21. The zero-order valence-corrected chi connectivity index (χ0v) is 14.3. The van der Waals surface area contributed by atoms with E-state index in [0.717, 1.165) is 15.8 Å². The molecule has 1 aromatic carbocycles. The lowest BCUT2D eigenvalue weighted by molar-refractivity contribution is -0.146. The number of halogens is 1. The minimum Gasteiger partial charge on any atom is -0.496 e. The van der Waals surface area contributed by atoms with Crippen LogP contribution < -0.4 is 10.5 Å². The van der Waals surface area contributed by atoms with Gasteiger partial charge in [-0.25, -0.2) is 0 Å². The average Bonchev–Trinajstić information content (AvgIpc) is 2.38. The molecule has 6 heteroatoms. The number of hydrogen-bond acceptors (Lipinski definition) is 4. The van der Waals surface area contributed by atoms with Gasteiger partial charge in [-0.05, 0) is 41.4 Å². The zero-order valence-electron chi connectivity index (χ0n) is 11.9. The summed E-state index contributed by atoms with van der Waals surface area (Å²) in [6, 6.07) is 3.61. The molecule has 3 N–H and O–H groups in total. The van der Waals surface area contributed by atoms with E-state index in [9.17, 15) is 9.90 Å². The molecule has 0 saturated heterocycles. The lowest BCUT2D eigenvalue weighted by Gasteiger charge is -2.24. The van der Waals surface area contributed by atoms with Crippen LogP contribution in [0.15, 0.2) is 21.5 Å². The van der Waals surface area contributed by atoms with Crippen molar-refractivity contribution in [3.05, 3.63) is 16.6 Å². The fraction of sp³-hybridized carbons (Fsp3) is 0.500. The topological polar surface area (TPSA) is 72.5 Å². The van der Waals surface area contributed by atoms with E-state index >= 15 is 0 Å². The van der Waals surface area contributed by atoms with Gasteiger partial charge < -0.3 is 15.6 Å². The molecule has 112 valence electrons. The van der Waals surface area contributed by atoms with Crippen molar-refractivity contribution in [2.24, 2.45) is 5.41 Å². The Balaban J connectivity index is 2.91. The molecule has 4 nitrogen and oxygen atoms in total. The maximum absolute atomic E-state index is 11.4. The molecule has 0 aliphatic heterocycles. The van der Waals surface area contributed by atoms with Gasteiger partial charge in [-0.1, -0.05) is 13.3 Å². The van der Waals surface area contributed by atoms with Crippen LogP contribution in [-0.4, -0.2) is 23.9 Å². The van der Waals surface area contributed by atoms with Gasteiger partial charge in [0, 0.05) is 16.3 Å². The third kappa shape index (κ3) is 4.06. The molecule has 0 saturated carbocycles. The number of ether oxygens (including phenoxy) is 1. The van der Waals surface area contributed by atoms with Crippen LogP contribution in [0.2, 0.25) is 0 Å². The first kappa shape index (κ1) is 17.2. The largest absolute Gasteiger partial charge is 0.496 e. The minimum atomic E-state index is -0.769. The summed E-state index contributed by atoms with van der Waals surface area (Å²) < 4.78 is 6.02.